The molecule has 9 nitrogen and oxygen atoms in total. The zero-order chi connectivity index (χ0) is 19.8. The fraction of sp³-hybridized carbons (Fsp3) is 0.211. The first kappa shape index (κ1) is 17.7. The Hall–Kier alpha value is -3.75. The number of carbonyl (C=O) groups is 1. The number of aromatic hydroxyl groups is 1. The van der Waals surface area contributed by atoms with Crippen molar-refractivity contribution in [3.05, 3.63) is 53.8 Å². The number of nitrogens with one attached hydrogen (secondary N) is 1. The van der Waals surface area contributed by atoms with Crippen molar-refractivity contribution >= 4 is 11.6 Å². The molecule has 144 valence electrons. The number of carbonyl (C=O) groups excluding carboxylic acids is 1. The molecule has 3 heterocycles. The summed E-state index contributed by atoms with van der Waals surface area (Å²) in [5.41, 5.74) is 2.48. The number of methoxy groups -OCH3 is 1. The summed E-state index contributed by atoms with van der Waals surface area (Å²) in [7, 11) is 3.33. The van der Waals surface area contributed by atoms with Gasteiger partial charge in [0.1, 0.15) is 22.7 Å². The van der Waals surface area contributed by atoms with E-state index in [1.54, 1.807) is 29.8 Å². The van der Waals surface area contributed by atoms with Gasteiger partial charge in [0.15, 0.2) is 11.5 Å². The topological polar surface area (TPSA) is 107 Å². The van der Waals surface area contributed by atoms with Crippen LogP contribution in [-0.4, -0.2) is 37.3 Å². The summed E-state index contributed by atoms with van der Waals surface area (Å²) in [6, 6.07) is 4.84. The third-order valence-electron chi connectivity index (χ3n) is 4.52. The molecular weight excluding hydrogens is 362 g/mol. The zero-order valence-electron chi connectivity index (χ0n) is 15.6. The van der Waals surface area contributed by atoms with Crippen LogP contribution in [0.4, 0.5) is 0 Å². The highest BCUT2D eigenvalue weighted by atomic mass is 16.5. The van der Waals surface area contributed by atoms with E-state index in [2.05, 4.69) is 15.4 Å². The SMILES string of the molecule is COc1cc(-c2nc(CNC(=O)c3cnn4ccn(C)c34)c(C)o2)ccc1O. The van der Waals surface area contributed by atoms with Gasteiger partial charge in [0, 0.05) is 25.0 Å². The Morgan fingerprint density at radius 1 is 1.36 bits per heavy atom. The van der Waals surface area contributed by atoms with Crippen molar-refractivity contribution in [1.82, 2.24) is 24.5 Å². The van der Waals surface area contributed by atoms with Gasteiger partial charge in [0.05, 0.1) is 19.9 Å². The van der Waals surface area contributed by atoms with Gasteiger partial charge in [0.2, 0.25) is 5.89 Å². The molecule has 0 spiro atoms. The van der Waals surface area contributed by atoms with E-state index >= 15 is 0 Å². The fourth-order valence-electron chi connectivity index (χ4n) is 3.00. The largest absolute Gasteiger partial charge is 0.504 e. The maximum absolute atomic E-state index is 12.6. The molecule has 0 unspecified atom stereocenters. The van der Waals surface area contributed by atoms with Gasteiger partial charge >= 0.3 is 0 Å². The monoisotopic (exact) mass is 381 g/mol. The highest BCUT2D eigenvalue weighted by Crippen LogP contribution is 2.31. The maximum Gasteiger partial charge on any atom is 0.257 e. The molecule has 3 aromatic heterocycles. The van der Waals surface area contributed by atoms with Crippen LogP contribution >= 0.6 is 0 Å². The molecule has 0 aliphatic rings. The number of fused-ring (bicyclic) bond motifs is 1. The number of hydrogen-bond donors (Lipinski definition) is 2. The molecule has 0 aliphatic heterocycles. The number of benzene rings is 1. The summed E-state index contributed by atoms with van der Waals surface area (Å²) in [6.07, 6.45) is 5.15. The summed E-state index contributed by atoms with van der Waals surface area (Å²) in [4.78, 5) is 17.0. The number of amides is 1. The molecule has 4 rings (SSSR count). The van der Waals surface area contributed by atoms with Crippen molar-refractivity contribution in [3.8, 4) is 23.0 Å². The molecule has 28 heavy (non-hydrogen) atoms. The van der Waals surface area contributed by atoms with Crippen molar-refractivity contribution in [3.63, 3.8) is 0 Å². The quantitative estimate of drug-likeness (QED) is 0.549. The predicted octanol–water partition coefficient (Wildman–Crippen LogP) is 2.28. The molecule has 0 saturated heterocycles. The summed E-state index contributed by atoms with van der Waals surface area (Å²) in [5, 5.41) is 16.7. The molecule has 4 aromatic rings. The minimum Gasteiger partial charge on any atom is -0.504 e. The Balaban J connectivity index is 1.53. The molecular formula is C19H19N5O4. The molecule has 9 heteroatoms. The van der Waals surface area contributed by atoms with Crippen LogP contribution in [0.3, 0.4) is 0 Å². The van der Waals surface area contributed by atoms with Gasteiger partial charge in [-0.25, -0.2) is 9.50 Å². The average Bonchev–Trinajstić information content (AvgIpc) is 3.37. The minimum absolute atomic E-state index is 0.0372. The van der Waals surface area contributed by atoms with Crippen molar-refractivity contribution in [2.45, 2.75) is 13.5 Å². The number of hydrogen-bond acceptors (Lipinski definition) is 6. The van der Waals surface area contributed by atoms with Crippen LogP contribution in [0.15, 0.2) is 41.2 Å². The van der Waals surface area contributed by atoms with Crippen LogP contribution in [0.2, 0.25) is 0 Å². The number of imidazole rings is 1. The molecule has 0 fully saturated rings. The van der Waals surface area contributed by atoms with Crippen LogP contribution in [0.1, 0.15) is 21.8 Å². The first-order valence-corrected chi connectivity index (χ1v) is 8.58. The van der Waals surface area contributed by atoms with Crippen molar-refractivity contribution in [1.29, 1.82) is 0 Å². The number of rotatable bonds is 5. The molecule has 1 aromatic carbocycles. The second-order valence-electron chi connectivity index (χ2n) is 6.33. The van der Waals surface area contributed by atoms with E-state index in [9.17, 15) is 9.90 Å². The Labute approximate surface area is 160 Å². The summed E-state index contributed by atoms with van der Waals surface area (Å²) < 4.78 is 14.3. The average molecular weight is 381 g/mol. The number of phenolic OH excluding ortho intramolecular Hbond substituents is 1. The lowest BCUT2D eigenvalue weighted by molar-refractivity contribution is 0.0951. The molecule has 2 N–H and O–H groups in total. The fourth-order valence-corrected chi connectivity index (χ4v) is 3.00. The van der Waals surface area contributed by atoms with Gasteiger partial charge in [-0.1, -0.05) is 0 Å². The van der Waals surface area contributed by atoms with Gasteiger partial charge in [-0.2, -0.15) is 5.10 Å². The predicted molar refractivity (Wildman–Crippen MR) is 100 cm³/mol. The molecule has 0 saturated carbocycles. The second-order valence-corrected chi connectivity index (χ2v) is 6.33. The number of oxazole rings is 1. The summed E-state index contributed by atoms with van der Waals surface area (Å²) in [5.74, 6) is 1.11. The highest BCUT2D eigenvalue weighted by molar-refractivity contribution is 5.99. The number of nitrogens with zero attached hydrogens (tertiary/aromatic N) is 4. The summed E-state index contributed by atoms with van der Waals surface area (Å²) in [6.45, 7) is 2.00. The molecule has 0 atom stereocenters. The van der Waals surface area contributed by atoms with Crippen molar-refractivity contribution in [2.24, 2.45) is 7.05 Å². The van der Waals surface area contributed by atoms with Gasteiger partial charge in [-0.15, -0.1) is 0 Å². The Kier molecular flexibility index (Phi) is 4.26. The van der Waals surface area contributed by atoms with E-state index < -0.39 is 0 Å². The summed E-state index contributed by atoms with van der Waals surface area (Å²) >= 11 is 0. The first-order valence-electron chi connectivity index (χ1n) is 8.58. The van der Waals surface area contributed by atoms with Gasteiger partial charge in [-0.3, -0.25) is 4.79 Å². The van der Waals surface area contributed by atoms with Crippen LogP contribution < -0.4 is 10.1 Å². The van der Waals surface area contributed by atoms with Crippen LogP contribution in [-0.2, 0) is 13.6 Å². The third-order valence-corrected chi connectivity index (χ3v) is 4.52. The number of aryl methyl sites for hydroxylation is 2. The standard InChI is InChI=1S/C19H19N5O4/c1-11-14(22-18(28-11)12-4-5-15(25)16(8-12)27-3)10-20-17(26)13-9-21-24-7-6-23(2)19(13)24/h4-9,25H,10H2,1-3H3,(H,20,26). The third kappa shape index (κ3) is 2.96. The van der Waals surface area contributed by atoms with E-state index in [4.69, 9.17) is 9.15 Å². The van der Waals surface area contributed by atoms with E-state index in [0.717, 1.165) is 0 Å². The van der Waals surface area contributed by atoms with Crippen molar-refractivity contribution in [2.75, 3.05) is 7.11 Å². The van der Waals surface area contributed by atoms with Crippen LogP contribution in [0.25, 0.3) is 17.1 Å². The Morgan fingerprint density at radius 3 is 2.96 bits per heavy atom. The normalized spacial score (nSPS) is 11.1. The van der Waals surface area contributed by atoms with Crippen molar-refractivity contribution < 1.29 is 19.1 Å². The first-order chi connectivity index (χ1) is 13.5. The molecule has 0 radical (unpaired) electrons. The highest BCUT2D eigenvalue weighted by Gasteiger charge is 2.18. The number of ether oxygens (including phenoxy) is 1. The molecule has 0 bridgehead atoms. The molecule has 0 aliphatic carbocycles. The van der Waals surface area contributed by atoms with Crippen LogP contribution in [0.5, 0.6) is 11.5 Å². The molecule has 1 amide bonds. The Bertz CT molecular complexity index is 1170. The number of phenols is 1. The lowest BCUT2D eigenvalue weighted by Crippen LogP contribution is -2.23. The van der Waals surface area contributed by atoms with Gasteiger partial charge in [-0.05, 0) is 25.1 Å². The van der Waals surface area contributed by atoms with Gasteiger partial charge in [0.25, 0.3) is 5.91 Å². The maximum atomic E-state index is 12.6. The zero-order valence-corrected chi connectivity index (χ0v) is 15.6. The van der Waals surface area contributed by atoms with E-state index in [1.165, 1.54) is 19.4 Å². The Morgan fingerprint density at radius 2 is 2.18 bits per heavy atom. The number of aromatic nitrogens is 4. The smallest absolute Gasteiger partial charge is 0.257 e. The minimum atomic E-state index is -0.243. The van der Waals surface area contributed by atoms with E-state index in [0.29, 0.717) is 39.9 Å². The second kappa shape index (κ2) is 6.76. The van der Waals surface area contributed by atoms with E-state index in [-0.39, 0.29) is 18.2 Å². The van der Waals surface area contributed by atoms with E-state index in [1.807, 2.05) is 17.8 Å². The lowest BCUT2D eigenvalue weighted by atomic mass is 10.2. The van der Waals surface area contributed by atoms with Crippen LogP contribution in [0, 0.1) is 6.92 Å². The van der Waals surface area contributed by atoms with Gasteiger partial charge < -0.3 is 24.1 Å². The lowest BCUT2D eigenvalue weighted by Gasteiger charge is -2.04.